The molecule has 0 atom stereocenters. The second kappa shape index (κ2) is 10.4. The van der Waals surface area contributed by atoms with E-state index in [0.717, 1.165) is 51.9 Å². The number of carbonyl (C=O) groups is 2. The highest BCUT2D eigenvalue weighted by molar-refractivity contribution is 14.1. The van der Waals surface area contributed by atoms with E-state index in [-0.39, 0.29) is 11.6 Å². The van der Waals surface area contributed by atoms with Crippen LogP contribution in [0.2, 0.25) is 0 Å². The molecule has 2 aromatic rings. The Morgan fingerprint density at radius 2 is 1.47 bits per heavy atom. The third-order valence-electron chi connectivity index (χ3n) is 6.97. The molecule has 0 N–H and O–H groups in total. The topological polar surface area (TPSA) is 61.8 Å². The molecule has 3 aliphatic rings. The van der Waals surface area contributed by atoms with Crippen LogP contribution in [0.4, 0.5) is 0 Å². The van der Waals surface area contributed by atoms with E-state index < -0.39 is 5.92 Å². The smallest absolute Gasteiger partial charge is 0.174 e. The monoisotopic (exact) mass is 598 g/mol. The molecule has 0 spiro atoms. The van der Waals surface area contributed by atoms with Crippen molar-refractivity contribution in [2.75, 3.05) is 6.61 Å². The highest BCUT2D eigenvalue weighted by Crippen LogP contribution is 2.49. The lowest BCUT2D eigenvalue weighted by Gasteiger charge is -2.36. The summed E-state index contributed by atoms with van der Waals surface area (Å²) >= 11 is 2.27. The van der Waals surface area contributed by atoms with Crippen LogP contribution in [0.5, 0.6) is 11.5 Å². The van der Waals surface area contributed by atoms with Crippen molar-refractivity contribution in [3.63, 3.8) is 0 Å². The Bertz CT molecular complexity index is 1240. The molecule has 2 aromatic carbocycles. The fourth-order valence-electron chi connectivity index (χ4n) is 5.62. The number of hydrogen-bond acceptors (Lipinski definition) is 5. The first-order valence-corrected chi connectivity index (χ1v) is 13.8. The minimum atomic E-state index is -0.412. The van der Waals surface area contributed by atoms with Gasteiger partial charge in [0.25, 0.3) is 0 Å². The lowest BCUT2D eigenvalue weighted by molar-refractivity contribution is -0.117. The summed E-state index contributed by atoms with van der Waals surface area (Å²) in [5.41, 5.74) is 5.69. The normalized spacial score (nSPS) is 18.1. The van der Waals surface area contributed by atoms with Crippen LogP contribution in [-0.4, -0.2) is 18.2 Å². The summed E-state index contributed by atoms with van der Waals surface area (Å²) in [6.07, 6.45) is 4.01. The van der Waals surface area contributed by atoms with E-state index in [1.54, 1.807) is 0 Å². The third-order valence-corrected chi connectivity index (χ3v) is 7.77. The third kappa shape index (κ3) is 4.84. The largest absolute Gasteiger partial charge is 0.490 e. The highest BCUT2D eigenvalue weighted by atomic mass is 127. The average Bonchev–Trinajstić information content (AvgIpc) is 2.82. The van der Waals surface area contributed by atoms with Gasteiger partial charge in [0, 0.05) is 42.7 Å². The number of hydrogen-bond donors (Lipinski definition) is 0. The summed E-state index contributed by atoms with van der Waals surface area (Å²) in [6, 6.07) is 10.4. The van der Waals surface area contributed by atoms with Gasteiger partial charge in [0.15, 0.2) is 23.1 Å². The molecule has 0 amide bonds. The fraction of sp³-hybridized carbons (Fsp3) is 0.400. The number of ketones is 2. The van der Waals surface area contributed by atoms with E-state index in [4.69, 9.17) is 14.2 Å². The molecule has 5 nitrogen and oxygen atoms in total. The van der Waals surface area contributed by atoms with Crippen molar-refractivity contribution >= 4 is 34.2 Å². The predicted molar refractivity (Wildman–Crippen MR) is 146 cm³/mol. The van der Waals surface area contributed by atoms with Gasteiger partial charge in [0.05, 0.1) is 10.2 Å². The minimum absolute atomic E-state index is 0.0780. The van der Waals surface area contributed by atoms with Crippen LogP contribution in [0.1, 0.15) is 73.6 Å². The summed E-state index contributed by atoms with van der Waals surface area (Å²) in [5, 5.41) is 0. The molecule has 0 unspecified atom stereocenters. The van der Waals surface area contributed by atoms with Crippen molar-refractivity contribution in [1.82, 2.24) is 0 Å². The molecule has 188 valence electrons. The lowest BCUT2D eigenvalue weighted by atomic mass is 9.73. The average molecular weight is 598 g/mol. The van der Waals surface area contributed by atoms with Gasteiger partial charge >= 0.3 is 0 Å². The van der Waals surface area contributed by atoms with Crippen LogP contribution in [0.3, 0.4) is 0 Å². The van der Waals surface area contributed by atoms with Crippen LogP contribution in [0, 0.1) is 17.4 Å². The fourth-order valence-corrected chi connectivity index (χ4v) is 6.40. The molecule has 1 aliphatic heterocycles. The van der Waals surface area contributed by atoms with Gasteiger partial charge in [-0.3, -0.25) is 9.59 Å². The van der Waals surface area contributed by atoms with Crippen molar-refractivity contribution in [3.8, 4) is 11.5 Å². The van der Waals surface area contributed by atoms with E-state index in [9.17, 15) is 9.59 Å². The molecular weight excluding hydrogens is 567 g/mol. The van der Waals surface area contributed by atoms with Gasteiger partial charge in [-0.15, -0.1) is 0 Å². The molecule has 36 heavy (non-hydrogen) atoms. The number of carbonyl (C=O) groups excluding carboxylic acids is 2. The molecule has 0 fully saturated rings. The second-order valence-electron chi connectivity index (χ2n) is 9.81. The Hall–Kier alpha value is -2.61. The first-order chi connectivity index (χ1) is 17.4. The van der Waals surface area contributed by atoms with Gasteiger partial charge in [-0.25, -0.2) is 0 Å². The van der Waals surface area contributed by atoms with Crippen LogP contribution >= 0.6 is 22.6 Å². The van der Waals surface area contributed by atoms with Crippen molar-refractivity contribution < 1.29 is 23.8 Å². The van der Waals surface area contributed by atoms with Gasteiger partial charge in [0.2, 0.25) is 0 Å². The van der Waals surface area contributed by atoms with Crippen LogP contribution in [0.15, 0.2) is 53.0 Å². The Kier molecular flexibility index (Phi) is 7.24. The van der Waals surface area contributed by atoms with Crippen molar-refractivity contribution in [1.29, 1.82) is 0 Å². The molecule has 6 heteroatoms. The van der Waals surface area contributed by atoms with E-state index in [0.29, 0.717) is 48.7 Å². The first-order valence-electron chi connectivity index (χ1n) is 12.7. The maximum Gasteiger partial charge on any atom is 0.174 e. The number of aryl methyl sites for hydroxylation is 2. The number of Topliss-reactive ketones (excluding diaryl/α,β-unsaturated/α-hetero) is 2. The van der Waals surface area contributed by atoms with Crippen molar-refractivity contribution in [2.24, 2.45) is 0 Å². The van der Waals surface area contributed by atoms with Crippen molar-refractivity contribution in [2.45, 2.75) is 71.8 Å². The Morgan fingerprint density at radius 1 is 0.861 bits per heavy atom. The van der Waals surface area contributed by atoms with Gasteiger partial charge in [0.1, 0.15) is 18.1 Å². The molecular formula is C30H31IO5. The van der Waals surface area contributed by atoms with E-state index in [1.165, 1.54) is 11.1 Å². The first kappa shape index (κ1) is 25.1. The van der Waals surface area contributed by atoms with Crippen molar-refractivity contribution in [3.05, 3.63) is 78.8 Å². The molecule has 1 heterocycles. The van der Waals surface area contributed by atoms with Gasteiger partial charge in [-0.05, 0) is 79.5 Å². The van der Waals surface area contributed by atoms with Gasteiger partial charge in [-0.2, -0.15) is 0 Å². The summed E-state index contributed by atoms with van der Waals surface area (Å²) in [7, 11) is 0. The Morgan fingerprint density at radius 3 is 2.06 bits per heavy atom. The van der Waals surface area contributed by atoms with E-state index in [1.807, 2.05) is 19.1 Å². The standard InChI is InChI=1S/C30H31IO5/c1-4-34-26-15-20(14-21(31)30(26)35-16-19-12-17(2)11-18(3)13-19)27-28-22(32)7-5-9-24(28)36-25-10-6-8-23(33)29(25)27/h11-15,27H,4-10,16H2,1-3H3. The predicted octanol–water partition coefficient (Wildman–Crippen LogP) is 7.01. The van der Waals surface area contributed by atoms with E-state index in [2.05, 4.69) is 54.6 Å². The second-order valence-corrected chi connectivity index (χ2v) is 11.0. The maximum atomic E-state index is 13.1. The Balaban J connectivity index is 1.57. The molecule has 0 bridgehead atoms. The SMILES string of the molecule is CCOc1cc(C2C3=C(CCCC3=O)OC3=C2C(=O)CCC3)cc(I)c1OCc1cc(C)cc(C)c1. The van der Waals surface area contributed by atoms with Gasteiger partial charge < -0.3 is 14.2 Å². The zero-order valence-corrected chi connectivity index (χ0v) is 23.2. The molecule has 2 aliphatic carbocycles. The summed E-state index contributed by atoms with van der Waals surface area (Å²) < 4.78 is 19.4. The molecule has 0 radical (unpaired) electrons. The quantitative estimate of drug-likeness (QED) is 0.335. The number of halogens is 1. The van der Waals surface area contributed by atoms with Crippen LogP contribution in [0.25, 0.3) is 0 Å². The number of ether oxygens (including phenoxy) is 3. The summed E-state index contributed by atoms with van der Waals surface area (Å²) in [5.74, 6) is 2.54. The highest BCUT2D eigenvalue weighted by Gasteiger charge is 2.42. The summed E-state index contributed by atoms with van der Waals surface area (Å²) in [4.78, 5) is 26.3. The van der Waals surface area contributed by atoms with Crippen LogP contribution in [-0.2, 0) is 20.9 Å². The molecule has 5 rings (SSSR count). The van der Waals surface area contributed by atoms with E-state index >= 15 is 0 Å². The number of benzene rings is 2. The minimum Gasteiger partial charge on any atom is -0.490 e. The zero-order valence-electron chi connectivity index (χ0n) is 21.0. The lowest BCUT2D eigenvalue weighted by Crippen LogP contribution is -2.30. The molecule has 0 saturated heterocycles. The number of rotatable bonds is 6. The van der Waals surface area contributed by atoms with Gasteiger partial charge in [-0.1, -0.05) is 29.3 Å². The molecule has 0 saturated carbocycles. The zero-order chi connectivity index (χ0) is 25.4. The number of allylic oxidation sites excluding steroid dienone is 4. The molecule has 0 aromatic heterocycles. The maximum absolute atomic E-state index is 13.1. The Labute approximate surface area is 226 Å². The summed E-state index contributed by atoms with van der Waals surface area (Å²) in [6.45, 7) is 7.02. The van der Waals surface area contributed by atoms with Crippen LogP contribution < -0.4 is 9.47 Å².